The van der Waals surface area contributed by atoms with Crippen LogP contribution in [0.2, 0.25) is 0 Å². The van der Waals surface area contributed by atoms with Crippen molar-refractivity contribution in [1.82, 2.24) is 10.0 Å². The van der Waals surface area contributed by atoms with Gasteiger partial charge in [0.2, 0.25) is 10.0 Å². The van der Waals surface area contributed by atoms with Gasteiger partial charge in [0.15, 0.2) is 0 Å². The van der Waals surface area contributed by atoms with E-state index in [2.05, 4.69) is 10.0 Å². The number of hydrogen-bond acceptors (Lipinski definition) is 6. The first-order chi connectivity index (χ1) is 16.8. The van der Waals surface area contributed by atoms with Crippen LogP contribution >= 0.6 is 0 Å². The molecule has 0 aromatic heterocycles. The molecule has 0 spiro atoms. The van der Waals surface area contributed by atoms with Gasteiger partial charge in [-0.25, -0.2) is 13.2 Å². The Balaban J connectivity index is 1.65. The Morgan fingerprint density at radius 1 is 0.917 bits per heavy atom. The van der Waals surface area contributed by atoms with Gasteiger partial charge in [0.05, 0.1) is 4.90 Å². The molecule has 1 fully saturated rings. The van der Waals surface area contributed by atoms with Crippen LogP contribution in [-0.2, 0) is 19.6 Å². The first kappa shape index (κ1) is 27.7. The molecule has 0 bridgehead atoms. The molecule has 8 nitrogen and oxygen atoms in total. The summed E-state index contributed by atoms with van der Waals surface area (Å²) in [5, 5.41) is 2.88. The molecule has 2 N–H and O–H groups in total. The third-order valence-corrected chi connectivity index (χ3v) is 7.31. The lowest BCUT2D eigenvalue weighted by molar-refractivity contribution is -0.158. The lowest BCUT2D eigenvalue weighted by Crippen LogP contribution is -2.47. The summed E-state index contributed by atoms with van der Waals surface area (Å²) in [6.45, 7) is 8.72. The zero-order chi connectivity index (χ0) is 26.5. The summed E-state index contributed by atoms with van der Waals surface area (Å²) in [6.07, 6.45) is 3.75. The summed E-state index contributed by atoms with van der Waals surface area (Å²) in [5.41, 5.74) is 0.908. The van der Waals surface area contributed by atoms with Crippen molar-refractivity contribution in [2.75, 3.05) is 0 Å². The molecule has 0 aliphatic heterocycles. The highest BCUT2D eigenvalue weighted by Gasteiger charge is 2.32. The highest BCUT2D eigenvalue weighted by atomic mass is 32.2. The van der Waals surface area contributed by atoms with Gasteiger partial charge >= 0.3 is 12.1 Å². The lowest BCUT2D eigenvalue weighted by Gasteiger charge is -2.26. The molecule has 2 aromatic rings. The Bertz CT molecular complexity index is 1150. The maximum absolute atomic E-state index is 13.0. The lowest BCUT2D eigenvalue weighted by atomic mass is 10.1. The summed E-state index contributed by atoms with van der Waals surface area (Å²) in [7, 11) is -3.95. The van der Waals surface area contributed by atoms with Crippen LogP contribution in [0.3, 0.4) is 0 Å². The van der Waals surface area contributed by atoms with Crippen LogP contribution in [0, 0.1) is 5.92 Å². The summed E-state index contributed by atoms with van der Waals surface area (Å²) in [6, 6.07) is 12.5. The molecule has 196 valence electrons. The van der Waals surface area contributed by atoms with Crippen LogP contribution in [-0.4, -0.2) is 38.2 Å². The monoisotopic (exact) mass is 516 g/mol. The topological polar surface area (TPSA) is 111 Å². The minimum Gasteiger partial charge on any atom is -0.459 e. The highest BCUT2D eigenvalue weighted by Crippen LogP contribution is 2.25. The molecule has 36 heavy (non-hydrogen) atoms. The standard InChI is InChI=1S/C27H36N2O6S/c1-18(2)24(25(30)35-27(3,4)5)29-36(32,33)23-16-12-20(13-17-23)19-10-14-22(15-11-19)34-26(31)28-21-8-6-7-9-21/h10-18,21,24,29H,6-9H2,1-5H3,(H,28,31). The Morgan fingerprint density at radius 3 is 1.94 bits per heavy atom. The minimum atomic E-state index is -3.95. The van der Waals surface area contributed by atoms with Crippen molar-refractivity contribution >= 4 is 22.1 Å². The van der Waals surface area contributed by atoms with Gasteiger partial charge in [-0.1, -0.05) is 51.0 Å². The normalized spacial score (nSPS) is 15.5. The van der Waals surface area contributed by atoms with Crippen molar-refractivity contribution in [3.05, 3.63) is 48.5 Å². The van der Waals surface area contributed by atoms with Gasteiger partial charge in [0.25, 0.3) is 0 Å². The second-order valence-corrected chi connectivity index (χ2v) is 12.2. The fourth-order valence-electron chi connectivity index (χ4n) is 3.97. The predicted octanol–water partition coefficient (Wildman–Crippen LogP) is 5.03. The van der Waals surface area contributed by atoms with E-state index >= 15 is 0 Å². The molecule has 0 saturated heterocycles. The van der Waals surface area contributed by atoms with Gasteiger partial charge in [-0.05, 0) is 74.9 Å². The first-order valence-electron chi connectivity index (χ1n) is 12.3. The van der Waals surface area contributed by atoms with Gasteiger partial charge in [0, 0.05) is 6.04 Å². The van der Waals surface area contributed by atoms with E-state index in [1.54, 1.807) is 71.0 Å². The van der Waals surface area contributed by atoms with Crippen LogP contribution < -0.4 is 14.8 Å². The van der Waals surface area contributed by atoms with Crippen molar-refractivity contribution in [2.24, 2.45) is 5.92 Å². The maximum Gasteiger partial charge on any atom is 0.412 e. The number of carbonyl (C=O) groups is 2. The number of nitrogens with one attached hydrogen (secondary N) is 2. The van der Waals surface area contributed by atoms with Gasteiger partial charge in [-0.3, -0.25) is 4.79 Å². The molecule has 1 saturated carbocycles. The molecule has 2 aromatic carbocycles. The Morgan fingerprint density at radius 2 is 1.44 bits per heavy atom. The zero-order valence-corrected chi connectivity index (χ0v) is 22.4. The van der Waals surface area contributed by atoms with Gasteiger partial charge in [0.1, 0.15) is 17.4 Å². The molecule has 1 atom stereocenters. The van der Waals surface area contributed by atoms with Crippen LogP contribution in [0.25, 0.3) is 11.1 Å². The van der Waals surface area contributed by atoms with Gasteiger partial charge < -0.3 is 14.8 Å². The third kappa shape index (κ3) is 7.80. The molecule has 1 aliphatic carbocycles. The minimum absolute atomic E-state index is 0.0454. The Kier molecular flexibility index (Phi) is 8.79. The number of carbonyl (C=O) groups excluding carboxylic acids is 2. The first-order valence-corrected chi connectivity index (χ1v) is 13.8. The largest absolute Gasteiger partial charge is 0.459 e. The van der Waals surface area contributed by atoms with E-state index in [1.807, 2.05) is 0 Å². The van der Waals surface area contributed by atoms with Crippen LogP contribution in [0.1, 0.15) is 60.3 Å². The smallest absolute Gasteiger partial charge is 0.412 e. The van der Waals surface area contributed by atoms with Crippen LogP contribution in [0.15, 0.2) is 53.4 Å². The van der Waals surface area contributed by atoms with E-state index in [0.29, 0.717) is 5.75 Å². The van der Waals surface area contributed by atoms with E-state index in [4.69, 9.17) is 9.47 Å². The van der Waals surface area contributed by atoms with Crippen molar-refractivity contribution < 1.29 is 27.5 Å². The van der Waals surface area contributed by atoms with Crippen molar-refractivity contribution in [3.8, 4) is 16.9 Å². The number of esters is 1. The molecule has 3 rings (SSSR count). The van der Waals surface area contributed by atoms with E-state index < -0.39 is 33.7 Å². The number of amides is 1. The number of ether oxygens (including phenoxy) is 2. The average molecular weight is 517 g/mol. The van der Waals surface area contributed by atoms with Crippen LogP contribution in [0.5, 0.6) is 5.75 Å². The van der Waals surface area contributed by atoms with Crippen LogP contribution in [0.4, 0.5) is 4.79 Å². The summed E-state index contributed by atoms with van der Waals surface area (Å²) in [4.78, 5) is 24.6. The number of rotatable bonds is 8. The molecule has 1 amide bonds. The van der Waals surface area contributed by atoms with E-state index in [0.717, 1.165) is 36.8 Å². The summed E-state index contributed by atoms with van der Waals surface area (Å²) >= 11 is 0. The van der Waals surface area contributed by atoms with E-state index in [1.165, 1.54) is 12.1 Å². The van der Waals surface area contributed by atoms with Crippen molar-refractivity contribution in [2.45, 2.75) is 82.9 Å². The van der Waals surface area contributed by atoms with Crippen molar-refractivity contribution in [3.63, 3.8) is 0 Å². The fourth-order valence-corrected chi connectivity index (χ4v) is 5.31. The number of benzene rings is 2. The molecular weight excluding hydrogens is 480 g/mol. The molecule has 0 radical (unpaired) electrons. The second kappa shape index (κ2) is 11.4. The molecule has 1 aliphatic rings. The molecule has 0 heterocycles. The van der Waals surface area contributed by atoms with Gasteiger partial charge in [-0.15, -0.1) is 0 Å². The SMILES string of the molecule is CC(C)C(NS(=O)(=O)c1ccc(-c2ccc(OC(=O)NC3CCCC3)cc2)cc1)C(=O)OC(C)(C)C. The third-order valence-electron chi connectivity index (χ3n) is 5.85. The number of sulfonamides is 1. The highest BCUT2D eigenvalue weighted by molar-refractivity contribution is 7.89. The Labute approximate surface area is 213 Å². The summed E-state index contributed by atoms with van der Waals surface area (Å²) in [5.74, 6) is -0.480. The Hall–Kier alpha value is -2.91. The van der Waals surface area contributed by atoms with E-state index in [9.17, 15) is 18.0 Å². The quantitative estimate of drug-likeness (QED) is 0.476. The predicted molar refractivity (Wildman–Crippen MR) is 138 cm³/mol. The molecular formula is C27H36N2O6S. The summed E-state index contributed by atoms with van der Waals surface area (Å²) < 4.78 is 39.2. The van der Waals surface area contributed by atoms with E-state index in [-0.39, 0.29) is 16.9 Å². The molecule has 9 heteroatoms. The number of hydrogen-bond donors (Lipinski definition) is 2. The maximum atomic E-state index is 13.0. The van der Waals surface area contributed by atoms with Gasteiger partial charge in [-0.2, -0.15) is 4.72 Å². The molecule has 1 unspecified atom stereocenters. The second-order valence-electron chi connectivity index (χ2n) is 10.4. The van der Waals surface area contributed by atoms with Crippen molar-refractivity contribution in [1.29, 1.82) is 0 Å². The average Bonchev–Trinajstić information content (AvgIpc) is 3.29. The fraction of sp³-hybridized carbons (Fsp3) is 0.481. The zero-order valence-electron chi connectivity index (χ0n) is 21.5.